The zero-order valence-electron chi connectivity index (χ0n) is 10.2. The molecular weight excluding hydrogens is 210 g/mol. The molecule has 0 amide bonds. The zero-order chi connectivity index (χ0) is 12.3. The van der Waals surface area contributed by atoms with E-state index in [1.807, 2.05) is 31.2 Å². The summed E-state index contributed by atoms with van der Waals surface area (Å²) >= 11 is 0. The molecule has 1 aliphatic carbocycles. The number of hydrogen-bond donors (Lipinski definition) is 0. The lowest BCUT2D eigenvalue weighted by atomic mass is 9.82. The fourth-order valence-corrected chi connectivity index (χ4v) is 2.44. The first-order chi connectivity index (χ1) is 8.14. The van der Waals surface area contributed by atoms with Crippen LogP contribution in [0.2, 0.25) is 0 Å². The van der Waals surface area contributed by atoms with Crippen LogP contribution in [0, 0.1) is 16.7 Å². The molecule has 0 saturated heterocycles. The number of Topliss-reactive ketones (excluding diaryl/α,β-unsaturated/α-hetero) is 1. The summed E-state index contributed by atoms with van der Waals surface area (Å²) in [4.78, 5) is 12.1. The predicted molar refractivity (Wildman–Crippen MR) is 66.7 cm³/mol. The molecule has 1 aromatic rings. The fourth-order valence-electron chi connectivity index (χ4n) is 2.44. The van der Waals surface area contributed by atoms with Crippen molar-refractivity contribution in [1.82, 2.24) is 0 Å². The van der Waals surface area contributed by atoms with Crippen molar-refractivity contribution in [3.63, 3.8) is 0 Å². The highest BCUT2D eigenvalue weighted by atomic mass is 16.1. The first-order valence-electron chi connectivity index (χ1n) is 6.17. The van der Waals surface area contributed by atoms with E-state index >= 15 is 0 Å². The molecule has 0 spiro atoms. The highest BCUT2D eigenvalue weighted by Crippen LogP contribution is 2.32. The largest absolute Gasteiger partial charge is 0.294 e. The van der Waals surface area contributed by atoms with Gasteiger partial charge in [0.25, 0.3) is 0 Å². The van der Waals surface area contributed by atoms with Crippen molar-refractivity contribution < 1.29 is 4.79 Å². The quantitative estimate of drug-likeness (QED) is 0.680. The molecule has 1 aliphatic rings. The van der Waals surface area contributed by atoms with Crippen molar-refractivity contribution in [2.75, 3.05) is 0 Å². The Bertz CT molecular complexity index is 472. The lowest BCUT2D eigenvalue weighted by molar-refractivity contribution is 0.0968. The molecule has 0 bridgehead atoms. The highest BCUT2D eigenvalue weighted by molar-refractivity contribution is 5.97. The molecule has 0 radical (unpaired) electrons. The van der Waals surface area contributed by atoms with E-state index in [9.17, 15) is 10.1 Å². The van der Waals surface area contributed by atoms with Crippen molar-refractivity contribution in [1.29, 1.82) is 5.26 Å². The van der Waals surface area contributed by atoms with Crippen LogP contribution in [0.25, 0.3) is 0 Å². The SMILES string of the molecule is CC1(C#N)CCCc2ccccc2C(=O)CC1. The van der Waals surface area contributed by atoms with Gasteiger partial charge in [0.05, 0.1) is 11.5 Å². The first kappa shape index (κ1) is 11.9. The molecule has 0 aliphatic heterocycles. The van der Waals surface area contributed by atoms with E-state index in [0.717, 1.165) is 30.4 Å². The van der Waals surface area contributed by atoms with Gasteiger partial charge in [-0.1, -0.05) is 24.3 Å². The van der Waals surface area contributed by atoms with Gasteiger partial charge in [-0.05, 0) is 38.2 Å². The van der Waals surface area contributed by atoms with Crippen LogP contribution in [-0.4, -0.2) is 5.78 Å². The van der Waals surface area contributed by atoms with Gasteiger partial charge >= 0.3 is 0 Å². The van der Waals surface area contributed by atoms with Gasteiger partial charge in [-0.25, -0.2) is 0 Å². The number of nitriles is 1. The average molecular weight is 227 g/mol. The highest BCUT2D eigenvalue weighted by Gasteiger charge is 2.26. The van der Waals surface area contributed by atoms with Crippen LogP contribution < -0.4 is 0 Å². The molecule has 0 heterocycles. The number of fused-ring (bicyclic) bond motifs is 1. The number of carbonyl (C=O) groups is 1. The summed E-state index contributed by atoms with van der Waals surface area (Å²) in [6, 6.07) is 10.2. The molecule has 0 aromatic heterocycles. The summed E-state index contributed by atoms with van der Waals surface area (Å²) in [5.74, 6) is 0.184. The molecule has 0 N–H and O–H groups in total. The summed E-state index contributed by atoms with van der Waals surface area (Å²) in [5.41, 5.74) is 1.66. The lowest BCUT2D eigenvalue weighted by Gasteiger charge is -2.19. The van der Waals surface area contributed by atoms with E-state index in [0.29, 0.717) is 12.8 Å². The van der Waals surface area contributed by atoms with Crippen molar-refractivity contribution in [2.24, 2.45) is 5.41 Å². The van der Waals surface area contributed by atoms with Gasteiger partial charge in [0.15, 0.2) is 5.78 Å². The van der Waals surface area contributed by atoms with Crippen LogP contribution >= 0.6 is 0 Å². The second-order valence-electron chi connectivity index (χ2n) is 5.11. The van der Waals surface area contributed by atoms with Gasteiger partial charge in [0, 0.05) is 12.0 Å². The Labute approximate surface area is 102 Å². The Morgan fingerprint density at radius 2 is 2.00 bits per heavy atom. The summed E-state index contributed by atoms with van der Waals surface area (Å²) in [7, 11) is 0. The minimum atomic E-state index is -0.336. The fraction of sp³-hybridized carbons (Fsp3) is 0.467. The van der Waals surface area contributed by atoms with Gasteiger partial charge in [-0.2, -0.15) is 5.26 Å². The summed E-state index contributed by atoms with van der Waals surface area (Å²) in [6.45, 7) is 1.97. The maximum absolute atomic E-state index is 12.1. The third-order valence-corrected chi connectivity index (χ3v) is 3.67. The molecule has 17 heavy (non-hydrogen) atoms. The van der Waals surface area contributed by atoms with Crippen LogP contribution in [0.1, 0.15) is 48.5 Å². The maximum Gasteiger partial charge on any atom is 0.163 e. The Balaban J connectivity index is 2.29. The summed E-state index contributed by atoms with van der Waals surface area (Å²) < 4.78 is 0. The number of rotatable bonds is 0. The number of ketones is 1. The Hall–Kier alpha value is -1.62. The normalized spacial score (nSPS) is 25.1. The number of nitrogens with zero attached hydrogens (tertiary/aromatic N) is 1. The monoisotopic (exact) mass is 227 g/mol. The molecule has 2 heteroatoms. The summed E-state index contributed by atoms with van der Waals surface area (Å²) in [5, 5.41) is 9.20. The van der Waals surface area contributed by atoms with E-state index < -0.39 is 0 Å². The predicted octanol–water partition coefficient (Wildman–Crippen LogP) is 3.52. The Morgan fingerprint density at radius 3 is 2.76 bits per heavy atom. The van der Waals surface area contributed by atoms with Crippen LogP contribution in [0.15, 0.2) is 24.3 Å². The third-order valence-electron chi connectivity index (χ3n) is 3.67. The van der Waals surface area contributed by atoms with Crippen molar-refractivity contribution in [3.8, 4) is 6.07 Å². The third kappa shape index (κ3) is 2.55. The average Bonchev–Trinajstić information content (AvgIpc) is 2.41. The van der Waals surface area contributed by atoms with E-state index in [-0.39, 0.29) is 11.2 Å². The van der Waals surface area contributed by atoms with E-state index in [1.165, 1.54) is 0 Å². The molecule has 1 aromatic carbocycles. The first-order valence-corrected chi connectivity index (χ1v) is 6.17. The minimum absolute atomic E-state index is 0.184. The second kappa shape index (κ2) is 4.71. The molecule has 1 atom stereocenters. The van der Waals surface area contributed by atoms with Gasteiger partial charge in [0.1, 0.15) is 0 Å². The molecule has 0 saturated carbocycles. The maximum atomic E-state index is 12.1. The molecule has 2 rings (SSSR count). The molecule has 88 valence electrons. The zero-order valence-corrected chi connectivity index (χ0v) is 10.2. The van der Waals surface area contributed by atoms with E-state index in [2.05, 4.69) is 6.07 Å². The van der Waals surface area contributed by atoms with E-state index in [1.54, 1.807) is 0 Å². The van der Waals surface area contributed by atoms with Crippen LogP contribution in [0.4, 0.5) is 0 Å². The number of carbonyl (C=O) groups excluding carboxylic acids is 1. The molecular formula is C15H17NO. The van der Waals surface area contributed by atoms with Gasteiger partial charge < -0.3 is 0 Å². The van der Waals surface area contributed by atoms with Gasteiger partial charge in [-0.15, -0.1) is 0 Å². The van der Waals surface area contributed by atoms with Gasteiger partial charge in [0.2, 0.25) is 0 Å². The van der Waals surface area contributed by atoms with Crippen LogP contribution in [0.5, 0.6) is 0 Å². The molecule has 1 unspecified atom stereocenters. The Morgan fingerprint density at radius 1 is 1.24 bits per heavy atom. The van der Waals surface area contributed by atoms with Crippen molar-refractivity contribution >= 4 is 5.78 Å². The van der Waals surface area contributed by atoms with Crippen molar-refractivity contribution in [2.45, 2.75) is 39.0 Å². The lowest BCUT2D eigenvalue weighted by Crippen LogP contribution is -2.15. The van der Waals surface area contributed by atoms with Crippen LogP contribution in [-0.2, 0) is 6.42 Å². The topological polar surface area (TPSA) is 40.9 Å². The summed E-state index contributed by atoms with van der Waals surface area (Å²) in [6.07, 6.45) is 3.93. The van der Waals surface area contributed by atoms with E-state index in [4.69, 9.17) is 0 Å². The number of hydrogen-bond acceptors (Lipinski definition) is 2. The number of benzene rings is 1. The number of aryl methyl sites for hydroxylation is 1. The van der Waals surface area contributed by atoms with Crippen molar-refractivity contribution in [3.05, 3.63) is 35.4 Å². The molecule has 0 fully saturated rings. The molecule has 2 nitrogen and oxygen atoms in total. The standard InChI is InChI=1S/C15H17NO/c1-15(11-16)9-4-6-12-5-2-3-7-13(12)14(17)8-10-15/h2-3,5,7H,4,6,8-10H2,1H3. The second-order valence-corrected chi connectivity index (χ2v) is 5.11. The van der Waals surface area contributed by atoms with Crippen LogP contribution in [0.3, 0.4) is 0 Å². The van der Waals surface area contributed by atoms with Gasteiger partial charge in [-0.3, -0.25) is 4.79 Å². The minimum Gasteiger partial charge on any atom is -0.294 e. The smallest absolute Gasteiger partial charge is 0.163 e. The Kier molecular flexibility index (Phi) is 3.28.